The van der Waals surface area contributed by atoms with Crippen molar-refractivity contribution in [3.05, 3.63) is 46.2 Å². The third-order valence-corrected chi connectivity index (χ3v) is 4.50. The smallest absolute Gasteiger partial charge is 0.407 e. The van der Waals surface area contributed by atoms with Gasteiger partial charge in [0, 0.05) is 24.7 Å². The van der Waals surface area contributed by atoms with Crippen molar-refractivity contribution in [2.24, 2.45) is 0 Å². The zero-order valence-corrected chi connectivity index (χ0v) is 18.2. The summed E-state index contributed by atoms with van der Waals surface area (Å²) in [5.41, 5.74) is 0.476. The predicted octanol–water partition coefficient (Wildman–Crippen LogP) is 2.57. The summed E-state index contributed by atoms with van der Waals surface area (Å²) in [6, 6.07) is 7.50. The minimum atomic E-state index is -0.634. The number of aryl methyl sites for hydroxylation is 1. The lowest BCUT2D eigenvalue weighted by Gasteiger charge is -2.21. The summed E-state index contributed by atoms with van der Waals surface area (Å²) in [6.07, 6.45) is 0.842. The van der Waals surface area contributed by atoms with Gasteiger partial charge in [-0.25, -0.2) is 4.79 Å². The number of halogens is 1. The summed E-state index contributed by atoms with van der Waals surface area (Å²) in [5, 5.41) is 16.0. The van der Waals surface area contributed by atoms with E-state index in [4.69, 9.17) is 16.3 Å². The Kier molecular flexibility index (Phi) is 8.11. The van der Waals surface area contributed by atoms with Gasteiger partial charge >= 0.3 is 6.09 Å². The van der Waals surface area contributed by atoms with Crippen LogP contribution in [0, 0.1) is 0 Å². The Morgan fingerprint density at radius 2 is 1.97 bits per heavy atom. The second-order valence-electron chi connectivity index (χ2n) is 7.97. The molecule has 3 amide bonds. The minimum absolute atomic E-state index is 0.0131. The van der Waals surface area contributed by atoms with Gasteiger partial charge in [0.25, 0.3) is 11.8 Å². The number of amides is 3. The van der Waals surface area contributed by atoms with Gasteiger partial charge in [-0.1, -0.05) is 23.7 Å². The molecule has 1 heterocycles. The van der Waals surface area contributed by atoms with Crippen LogP contribution in [-0.2, 0) is 20.7 Å². The molecule has 3 N–H and O–H groups in total. The lowest BCUT2D eigenvalue weighted by molar-refractivity contribution is -0.127. The fourth-order valence-corrected chi connectivity index (χ4v) is 3.09. The van der Waals surface area contributed by atoms with E-state index in [2.05, 4.69) is 10.6 Å². The molecule has 30 heavy (non-hydrogen) atoms. The van der Waals surface area contributed by atoms with Crippen molar-refractivity contribution < 1.29 is 24.2 Å². The van der Waals surface area contributed by atoms with Crippen LogP contribution in [0.4, 0.5) is 4.79 Å². The van der Waals surface area contributed by atoms with Crippen molar-refractivity contribution in [3.63, 3.8) is 0 Å². The van der Waals surface area contributed by atoms with Crippen LogP contribution in [0.3, 0.4) is 0 Å². The van der Waals surface area contributed by atoms with Crippen molar-refractivity contribution in [2.45, 2.75) is 39.2 Å². The third-order valence-electron chi connectivity index (χ3n) is 4.27. The highest BCUT2D eigenvalue weighted by Gasteiger charge is 2.33. The first-order chi connectivity index (χ1) is 14.1. The summed E-state index contributed by atoms with van der Waals surface area (Å²) in [6.45, 7) is 5.92. The van der Waals surface area contributed by atoms with E-state index in [1.165, 1.54) is 4.90 Å². The molecule has 0 saturated heterocycles. The number of nitrogens with one attached hydrogen (secondary N) is 2. The maximum absolute atomic E-state index is 12.3. The average molecular weight is 438 g/mol. The molecule has 1 aromatic carbocycles. The molecule has 1 aliphatic rings. The SMILES string of the molecule is CC(C)(C)OC(=O)NCCN1CC(C(=O)NCCCc2cccc(Cl)c2)=C(O)C1=O. The molecular formula is C21H28ClN3O5. The molecule has 9 heteroatoms. The van der Waals surface area contributed by atoms with Crippen LogP contribution in [0.15, 0.2) is 35.6 Å². The fraction of sp³-hybridized carbons (Fsp3) is 0.476. The molecule has 1 aromatic rings. The van der Waals surface area contributed by atoms with Crippen LogP contribution in [0.25, 0.3) is 0 Å². The van der Waals surface area contributed by atoms with Gasteiger partial charge in [-0.15, -0.1) is 0 Å². The van der Waals surface area contributed by atoms with Gasteiger partial charge in [0.15, 0.2) is 5.76 Å². The van der Waals surface area contributed by atoms with E-state index in [0.717, 1.165) is 12.0 Å². The van der Waals surface area contributed by atoms with Crippen LogP contribution in [0.2, 0.25) is 5.02 Å². The van der Waals surface area contributed by atoms with Crippen molar-refractivity contribution in [3.8, 4) is 0 Å². The van der Waals surface area contributed by atoms with Crippen LogP contribution < -0.4 is 10.6 Å². The van der Waals surface area contributed by atoms with Gasteiger partial charge in [0.2, 0.25) is 0 Å². The number of benzene rings is 1. The predicted molar refractivity (Wildman–Crippen MR) is 113 cm³/mol. The molecule has 164 valence electrons. The number of carbonyl (C=O) groups is 3. The van der Waals surface area contributed by atoms with Crippen LogP contribution in [0.1, 0.15) is 32.8 Å². The zero-order valence-electron chi connectivity index (χ0n) is 17.5. The lowest BCUT2D eigenvalue weighted by Crippen LogP contribution is -2.39. The first kappa shape index (κ1) is 23.5. The number of hydrogen-bond acceptors (Lipinski definition) is 5. The number of hydrogen-bond donors (Lipinski definition) is 3. The molecular weight excluding hydrogens is 410 g/mol. The van der Waals surface area contributed by atoms with E-state index in [1.54, 1.807) is 26.8 Å². The van der Waals surface area contributed by atoms with E-state index in [1.807, 2.05) is 18.2 Å². The number of nitrogens with zero attached hydrogens (tertiary/aromatic N) is 1. The average Bonchev–Trinajstić information content (AvgIpc) is 2.92. The lowest BCUT2D eigenvalue weighted by atomic mass is 10.1. The van der Waals surface area contributed by atoms with Crippen LogP contribution in [0.5, 0.6) is 0 Å². The Morgan fingerprint density at radius 1 is 1.23 bits per heavy atom. The largest absolute Gasteiger partial charge is 0.503 e. The quantitative estimate of drug-likeness (QED) is 0.542. The number of rotatable bonds is 8. The highest BCUT2D eigenvalue weighted by Crippen LogP contribution is 2.17. The number of aliphatic hydroxyl groups excluding tert-OH is 1. The van der Waals surface area contributed by atoms with Gasteiger partial charge in [-0.05, 0) is 51.3 Å². The molecule has 0 atom stereocenters. The van der Waals surface area contributed by atoms with E-state index < -0.39 is 29.3 Å². The number of alkyl carbamates (subject to hydrolysis) is 1. The Labute approximate surface area is 181 Å². The monoisotopic (exact) mass is 437 g/mol. The zero-order chi connectivity index (χ0) is 22.3. The second-order valence-corrected chi connectivity index (χ2v) is 8.41. The van der Waals surface area contributed by atoms with Crippen molar-refractivity contribution in [1.82, 2.24) is 15.5 Å². The number of aliphatic hydroxyl groups is 1. The highest BCUT2D eigenvalue weighted by atomic mass is 35.5. The Bertz CT molecular complexity index is 832. The summed E-state index contributed by atoms with van der Waals surface area (Å²) < 4.78 is 5.12. The molecule has 0 unspecified atom stereocenters. The fourth-order valence-electron chi connectivity index (χ4n) is 2.88. The minimum Gasteiger partial charge on any atom is -0.503 e. The van der Waals surface area contributed by atoms with Gasteiger partial charge < -0.3 is 25.4 Å². The topological polar surface area (TPSA) is 108 Å². The van der Waals surface area contributed by atoms with Gasteiger partial charge in [-0.3, -0.25) is 9.59 Å². The van der Waals surface area contributed by atoms with Gasteiger partial charge in [0.05, 0.1) is 12.1 Å². The van der Waals surface area contributed by atoms with Gasteiger partial charge in [-0.2, -0.15) is 0 Å². The standard InChI is InChI=1S/C21H28ClN3O5/c1-21(2,3)30-20(29)24-10-11-25-13-16(17(26)19(25)28)18(27)23-9-5-7-14-6-4-8-15(22)12-14/h4,6,8,12,26H,5,7,9-11,13H2,1-3H3,(H,23,27)(H,24,29). The molecule has 1 aliphatic heterocycles. The Morgan fingerprint density at radius 3 is 2.63 bits per heavy atom. The highest BCUT2D eigenvalue weighted by molar-refractivity contribution is 6.30. The third kappa shape index (κ3) is 7.26. The molecule has 8 nitrogen and oxygen atoms in total. The molecule has 0 saturated carbocycles. The van der Waals surface area contributed by atoms with Crippen molar-refractivity contribution >= 4 is 29.5 Å². The van der Waals surface area contributed by atoms with Crippen molar-refractivity contribution in [1.29, 1.82) is 0 Å². The van der Waals surface area contributed by atoms with Crippen LogP contribution in [-0.4, -0.2) is 59.7 Å². The van der Waals surface area contributed by atoms with Gasteiger partial charge in [0.1, 0.15) is 5.60 Å². The van der Waals surface area contributed by atoms with E-state index in [-0.39, 0.29) is 25.2 Å². The first-order valence-corrected chi connectivity index (χ1v) is 10.2. The normalized spacial score (nSPS) is 14.1. The molecule has 2 rings (SSSR count). The summed E-state index contributed by atoms with van der Waals surface area (Å²) >= 11 is 5.95. The molecule has 0 radical (unpaired) electrons. The first-order valence-electron chi connectivity index (χ1n) is 9.77. The number of ether oxygens (including phenoxy) is 1. The molecule has 0 bridgehead atoms. The molecule has 0 spiro atoms. The summed E-state index contributed by atoms with van der Waals surface area (Å²) in [4.78, 5) is 37.4. The maximum Gasteiger partial charge on any atom is 0.407 e. The number of carbonyl (C=O) groups excluding carboxylic acids is 3. The van der Waals surface area contributed by atoms with Crippen LogP contribution >= 0.6 is 11.6 Å². The van der Waals surface area contributed by atoms with E-state index in [0.29, 0.717) is 18.0 Å². The maximum atomic E-state index is 12.3. The Balaban J connectivity index is 1.74. The summed E-state index contributed by atoms with van der Waals surface area (Å²) in [5.74, 6) is -1.67. The molecule has 0 fully saturated rings. The summed E-state index contributed by atoms with van der Waals surface area (Å²) in [7, 11) is 0. The Hall–Kier alpha value is -2.74. The van der Waals surface area contributed by atoms with E-state index >= 15 is 0 Å². The van der Waals surface area contributed by atoms with E-state index in [9.17, 15) is 19.5 Å². The molecule has 0 aliphatic carbocycles. The second kappa shape index (κ2) is 10.3. The molecule has 0 aromatic heterocycles. The van der Waals surface area contributed by atoms with Crippen molar-refractivity contribution in [2.75, 3.05) is 26.2 Å².